The summed E-state index contributed by atoms with van der Waals surface area (Å²) in [6.45, 7) is 0. The van der Waals surface area contributed by atoms with E-state index in [-0.39, 0.29) is 0 Å². The van der Waals surface area contributed by atoms with Crippen LogP contribution in [0.1, 0.15) is 62.1 Å². The lowest BCUT2D eigenvalue weighted by Gasteiger charge is -2.35. The molecule has 0 bridgehead atoms. The summed E-state index contributed by atoms with van der Waals surface area (Å²) in [4.78, 5) is 4.75. The number of nitrogens with zero attached hydrogens (tertiary/aromatic N) is 1. The van der Waals surface area contributed by atoms with Crippen molar-refractivity contribution in [3.63, 3.8) is 0 Å². The van der Waals surface area contributed by atoms with Gasteiger partial charge < -0.3 is 5.32 Å². The molecule has 0 radical (unpaired) electrons. The van der Waals surface area contributed by atoms with Crippen LogP contribution in [0.2, 0.25) is 0 Å². The molecule has 2 aliphatic carbocycles. The molecule has 2 nitrogen and oxygen atoms in total. The van der Waals surface area contributed by atoms with E-state index in [2.05, 4.69) is 24.5 Å². The molecule has 104 valence electrons. The first-order chi connectivity index (χ1) is 9.40. The van der Waals surface area contributed by atoms with Crippen LogP contribution < -0.4 is 5.32 Å². The Kier molecular flexibility index (Phi) is 4.17. The van der Waals surface area contributed by atoms with Gasteiger partial charge in [0.25, 0.3) is 0 Å². The fourth-order valence-electron chi connectivity index (χ4n) is 4.24. The van der Waals surface area contributed by atoms with Crippen LogP contribution in [-0.4, -0.2) is 18.1 Å². The van der Waals surface area contributed by atoms with E-state index in [0.717, 1.165) is 5.92 Å². The summed E-state index contributed by atoms with van der Waals surface area (Å²) in [5, 5.41) is 3.59. The van der Waals surface area contributed by atoms with Crippen molar-refractivity contribution in [3.05, 3.63) is 29.6 Å². The number of aromatic nitrogens is 1. The molecule has 0 aromatic carbocycles. The predicted molar refractivity (Wildman–Crippen MR) is 79.3 cm³/mol. The largest absolute Gasteiger partial charge is 0.317 e. The summed E-state index contributed by atoms with van der Waals surface area (Å²) < 4.78 is 0. The van der Waals surface area contributed by atoms with Crippen LogP contribution in [0.5, 0.6) is 0 Å². The van der Waals surface area contributed by atoms with Gasteiger partial charge in [0.15, 0.2) is 0 Å². The average Bonchev–Trinajstić information content (AvgIpc) is 2.71. The van der Waals surface area contributed by atoms with Gasteiger partial charge in [-0.25, -0.2) is 0 Å². The van der Waals surface area contributed by atoms with E-state index in [0.29, 0.717) is 12.0 Å². The Bertz CT molecular complexity index is 415. The molecule has 1 N–H and O–H groups in total. The smallest absolute Gasteiger partial charge is 0.0469 e. The molecule has 1 aromatic heterocycles. The number of aryl methyl sites for hydroxylation is 1. The summed E-state index contributed by atoms with van der Waals surface area (Å²) in [5.74, 6) is 1.49. The van der Waals surface area contributed by atoms with Gasteiger partial charge in [-0.1, -0.05) is 25.3 Å². The molecule has 2 heteroatoms. The second-order valence-electron chi connectivity index (χ2n) is 6.24. The molecule has 0 aliphatic heterocycles. The van der Waals surface area contributed by atoms with Gasteiger partial charge in [0.1, 0.15) is 0 Å². The third-order valence-corrected chi connectivity index (χ3v) is 5.20. The van der Waals surface area contributed by atoms with Crippen LogP contribution in [0.3, 0.4) is 0 Å². The Morgan fingerprint density at radius 1 is 1.11 bits per heavy atom. The maximum Gasteiger partial charge on any atom is 0.0469 e. The Hall–Kier alpha value is -0.890. The number of hydrogen-bond acceptors (Lipinski definition) is 2. The zero-order valence-electron chi connectivity index (χ0n) is 12.1. The van der Waals surface area contributed by atoms with Gasteiger partial charge in [0, 0.05) is 23.9 Å². The standard InChI is InChI=1S/C17H26N2/c1-18-16-11-4-2-3-9-14(16)15-10-5-7-13-8-6-12-19-17(13)15/h6,8,12,14-16,18H,2-5,7,9-11H2,1H3. The summed E-state index contributed by atoms with van der Waals surface area (Å²) in [6.07, 6.45) is 12.8. The fraction of sp³-hybridized carbons (Fsp3) is 0.706. The molecule has 0 saturated heterocycles. The Morgan fingerprint density at radius 2 is 2.00 bits per heavy atom. The summed E-state index contributed by atoms with van der Waals surface area (Å²) in [5.41, 5.74) is 2.93. The van der Waals surface area contributed by atoms with E-state index in [4.69, 9.17) is 4.98 Å². The first-order valence-corrected chi connectivity index (χ1v) is 8.01. The summed E-state index contributed by atoms with van der Waals surface area (Å²) in [6, 6.07) is 5.09. The van der Waals surface area contributed by atoms with Crippen LogP contribution in [-0.2, 0) is 6.42 Å². The number of rotatable bonds is 2. The average molecular weight is 258 g/mol. The lowest BCUT2D eigenvalue weighted by molar-refractivity contribution is 0.273. The molecular formula is C17H26N2. The van der Waals surface area contributed by atoms with E-state index in [1.54, 1.807) is 0 Å². The molecule has 1 saturated carbocycles. The van der Waals surface area contributed by atoms with E-state index < -0.39 is 0 Å². The minimum atomic E-state index is 0.695. The first-order valence-electron chi connectivity index (χ1n) is 8.01. The van der Waals surface area contributed by atoms with Crippen molar-refractivity contribution in [1.29, 1.82) is 0 Å². The van der Waals surface area contributed by atoms with Crippen LogP contribution >= 0.6 is 0 Å². The third kappa shape index (κ3) is 2.69. The van der Waals surface area contributed by atoms with Gasteiger partial charge in [-0.15, -0.1) is 0 Å². The summed E-state index contributed by atoms with van der Waals surface area (Å²) in [7, 11) is 2.14. The van der Waals surface area contributed by atoms with Gasteiger partial charge in [0.2, 0.25) is 0 Å². The van der Waals surface area contributed by atoms with Crippen molar-refractivity contribution < 1.29 is 0 Å². The fourth-order valence-corrected chi connectivity index (χ4v) is 4.24. The van der Waals surface area contributed by atoms with Crippen LogP contribution in [0, 0.1) is 5.92 Å². The number of fused-ring (bicyclic) bond motifs is 1. The minimum Gasteiger partial charge on any atom is -0.317 e. The Morgan fingerprint density at radius 3 is 2.89 bits per heavy atom. The van der Waals surface area contributed by atoms with E-state index >= 15 is 0 Å². The Labute approximate surface area is 117 Å². The third-order valence-electron chi connectivity index (χ3n) is 5.20. The molecule has 0 spiro atoms. The number of nitrogens with one attached hydrogen (secondary N) is 1. The highest BCUT2D eigenvalue weighted by Gasteiger charge is 2.34. The number of hydrogen-bond donors (Lipinski definition) is 1. The first kappa shape index (κ1) is 13.1. The molecule has 3 rings (SSSR count). The molecule has 19 heavy (non-hydrogen) atoms. The maximum absolute atomic E-state index is 4.75. The maximum atomic E-state index is 4.75. The van der Waals surface area contributed by atoms with Crippen LogP contribution in [0.15, 0.2) is 18.3 Å². The molecule has 1 heterocycles. The highest BCUT2D eigenvalue weighted by atomic mass is 14.9. The molecule has 1 fully saturated rings. The molecule has 0 amide bonds. The highest BCUT2D eigenvalue weighted by Crippen LogP contribution is 2.41. The van der Waals surface area contributed by atoms with E-state index in [1.807, 2.05) is 6.20 Å². The molecule has 2 aliphatic rings. The second kappa shape index (κ2) is 6.04. The lowest BCUT2D eigenvalue weighted by Crippen LogP contribution is -2.37. The SMILES string of the molecule is CNC1CCCCCC1C1CCCc2cccnc21. The predicted octanol–water partition coefficient (Wildman–Crippen LogP) is 3.67. The van der Waals surface area contributed by atoms with Crippen molar-refractivity contribution in [2.75, 3.05) is 7.05 Å². The molecule has 3 atom stereocenters. The normalized spacial score (nSPS) is 31.5. The van der Waals surface area contributed by atoms with E-state index in [9.17, 15) is 0 Å². The van der Waals surface area contributed by atoms with Crippen LogP contribution in [0.4, 0.5) is 0 Å². The van der Waals surface area contributed by atoms with E-state index in [1.165, 1.54) is 62.6 Å². The highest BCUT2D eigenvalue weighted by molar-refractivity contribution is 5.27. The van der Waals surface area contributed by atoms with Gasteiger partial charge in [-0.2, -0.15) is 0 Å². The van der Waals surface area contributed by atoms with Crippen molar-refractivity contribution in [2.24, 2.45) is 5.92 Å². The van der Waals surface area contributed by atoms with Crippen molar-refractivity contribution in [1.82, 2.24) is 10.3 Å². The monoisotopic (exact) mass is 258 g/mol. The molecule has 1 aromatic rings. The van der Waals surface area contributed by atoms with Crippen LogP contribution in [0.25, 0.3) is 0 Å². The number of pyridine rings is 1. The van der Waals surface area contributed by atoms with Gasteiger partial charge in [-0.05, 0) is 56.7 Å². The minimum absolute atomic E-state index is 0.695. The lowest BCUT2D eigenvalue weighted by atomic mass is 9.74. The molecule has 3 unspecified atom stereocenters. The second-order valence-corrected chi connectivity index (χ2v) is 6.24. The van der Waals surface area contributed by atoms with Crippen molar-refractivity contribution in [3.8, 4) is 0 Å². The summed E-state index contributed by atoms with van der Waals surface area (Å²) >= 11 is 0. The zero-order chi connectivity index (χ0) is 13.1. The Balaban J connectivity index is 1.88. The van der Waals surface area contributed by atoms with Crippen molar-refractivity contribution >= 4 is 0 Å². The van der Waals surface area contributed by atoms with Gasteiger partial charge >= 0.3 is 0 Å². The van der Waals surface area contributed by atoms with Gasteiger partial charge in [0.05, 0.1) is 0 Å². The topological polar surface area (TPSA) is 24.9 Å². The quantitative estimate of drug-likeness (QED) is 0.819. The zero-order valence-corrected chi connectivity index (χ0v) is 12.1. The molecular weight excluding hydrogens is 232 g/mol. The van der Waals surface area contributed by atoms with Crippen molar-refractivity contribution in [2.45, 2.75) is 63.3 Å². The van der Waals surface area contributed by atoms with Gasteiger partial charge in [-0.3, -0.25) is 4.98 Å².